The molecule has 0 aromatic heterocycles. The van der Waals surface area contributed by atoms with E-state index in [1.54, 1.807) is 19.1 Å². The van der Waals surface area contributed by atoms with E-state index in [9.17, 15) is 13.6 Å². The van der Waals surface area contributed by atoms with Gasteiger partial charge in [-0.15, -0.1) is 0 Å². The molecule has 0 spiro atoms. The number of benzene rings is 3. The summed E-state index contributed by atoms with van der Waals surface area (Å²) >= 11 is 0. The van der Waals surface area contributed by atoms with Crippen molar-refractivity contribution in [3.8, 4) is 11.5 Å². The summed E-state index contributed by atoms with van der Waals surface area (Å²) in [4.78, 5) is 14.9. The van der Waals surface area contributed by atoms with Gasteiger partial charge in [0.25, 0.3) is 5.91 Å². The molecule has 0 N–H and O–H groups in total. The molecule has 1 atom stereocenters. The number of carbonyl (C=O) groups excluding carboxylic acids is 1. The van der Waals surface area contributed by atoms with Gasteiger partial charge in [-0.05, 0) is 85.2 Å². The highest BCUT2D eigenvalue weighted by Gasteiger charge is 2.27. The molecule has 0 saturated heterocycles. The number of nitrogens with zero attached hydrogens (tertiary/aromatic N) is 1. The molecule has 4 rings (SSSR count). The van der Waals surface area contributed by atoms with E-state index in [-0.39, 0.29) is 17.4 Å². The largest absolute Gasteiger partial charge is 0.497 e. The number of carbonyl (C=O) groups is 1. The van der Waals surface area contributed by atoms with Crippen molar-refractivity contribution < 1.29 is 23.0 Å². The minimum absolute atomic E-state index is 0.102. The normalized spacial score (nSPS) is 15.0. The number of anilines is 1. The fourth-order valence-corrected chi connectivity index (χ4v) is 4.56. The average Bonchev–Trinajstić information content (AvgIpc) is 2.85. The molecule has 0 fully saturated rings. The third kappa shape index (κ3) is 4.56. The molecule has 1 unspecified atom stereocenters. The zero-order valence-electron chi connectivity index (χ0n) is 19.0. The molecule has 3 aromatic rings. The third-order valence-electron chi connectivity index (χ3n) is 6.34. The SMILES string of the molecule is CCN(C(=O)c1ccc(F)c(F)c1)c1cc(OC)ccc1C1CCc2cc(OC)ccc2C1. The summed E-state index contributed by atoms with van der Waals surface area (Å²) in [6, 6.07) is 15.2. The second kappa shape index (κ2) is 9.61. The fourth-order valence-electron chi connectivity index (χ4n) is 4.56. The fraction of sp³-hybridized carbons (Fsp3) is 0.296. The van der Waals surface area contributed by atoms with Gasteiger partial charge in [-0.1, -0.05) is 12.1 Å². The first-order valence-electron chi connectivity index (χ1n) is 11.1. The van der Waals surface area contributed by atoms with Crippen LogP contribution < -0.4 is 14.4 Å². The van der Waals surface area contributed by atoms with E-state index in [1.165, 1.54) is 17.2 Å². The second-order valence-corrected chi connectivity index (χ2v) is 8.18. The Bertz CT molecular complexity index is 1180. The molecule has 0 heterocycles. The number of rotatable bonds is 6. The molecule has 4 nitrogen and oxygen atoms in total. The molecule has 0 aliphatic heterocycles. The van der Waals surface area contributed by atoms with Crippen molar-refractivity contribution in [3.05, 3.63) is 88.5 Å². The monoisotopic (exact) mass is 451 g/mol. The predicted molar refractivity (Wildman–Crippen MR) is 124 cm³/mol. The van der Waals surface area contributed by atoms with Crippen LogP contribution in [0.15, 0.2) is 54.6 Å². The number of fused-ring (bicyclic) bond motifs is 1. The molecule has 33 heavy (non-hydrogen) atoms. The van der Waals surface area contributed by atoms with Crippen LogP contribution in [0, 0.1) is 11.6 Å². The summed E-state index contributed by atoms with van der Waals surface area (Å²) in [5.41, 5.74) is 4.42. The van der Waals surface area contributed by atoms with Crippen LogP contribution in [0.5, 0.6) is 11.5 Å². The van der Waals surface area contributed by atoms with Crippen molar-refractivity contribution in [1.29, 1.82) is 0 Å². The first kappa shape index (κ1) is 22.8. The lowest BCUT2D eigenvalue weighted by molar-refractivity contribution is 0.0987. The molecule has 3 aromatic carbocycles. The van der Waals surface area contributed by atoms with Crippen molar-refractivity contribution in [2.45, 2.75) is 32.1 Å². The molecule has 1 aliphatic rings. The summed E-state index contributed by atoms with van der Waals surface area (Å²) in [5, 5.41) is 0. The quantitative estimate of drug-likeness (QED) is 0.467. The van der Waals surface area contributed by atoms with Crippen LogP contribution in [0.3, 0.4) is 0 Å². The number of ether oxygens (including phenoxy) is 2. The number of aryl methyl sites for hydroxylation is 1. The maximum absolute atomic E-state index is 13.8. The first-order chi connectivity index (χ1) is 15.9. The topological polar surface area (TPSA) is 38.8 Å². The van der Waals surface area contributed by atoms with Gasteiger partial charge >= 0.3 is 0 Å². The summed E-state index contributed by atoms with van der Waals surface area (Å²) in [6.07, 6.45) is 2.68. The van der Waals surface area contributed by atoms with Gasteiger partial charge in [-0.3, -0.25) is 4.79 Å². The van der Waals surface area contributed by atoms with Crippen LogP contribution in [0.1, 0.15) is 46.3 Å². The highest BCUT2D eigenvalue weighted by atomic mass is 19.2. The zero-order valence-corrected chi connectivity index (χ0v) is 19.0. The third-order valence-corrected chi connectivity index (χ3v) is 6.34. The molecular formula is C27H27F2NO3. The Morgan fingerprint density at radius 3 is 2.36 bits per heavy atom. The van der Waals surface area contributed by atoms with Gasteiger partial charge in [0.15, 0.2) is 11.6 Å². The van der Waals surface area contributed by atoms with Gasteiger partial charge in [-0.2, -0.15) is 0 Å². The summed E-state index contributed by atoms with van der Waals surface area (Å²) in [6.45, 7) is 2.24. The highest BCUT2D eigenvalue weighted by molar-refractivity contribution is 6.06. The molecule has 0 bridgehead atoms. The zero-order chi connectivity index (χ0) is 23.5. The van der Waals surface area contributed by atoms with Gasteiger partial charge in [0.2, 0.25) is 0 Å². The van der Waals surface area contributed by atoms with Gasteiger partial charge < -0.3 is 14.4 Å². The Hall–Kier alpha value is -3.41. The Balaban J connectivity index is 1.71. The number of hydrogen-bond acceptors (Lipinski definition) is 3. The van der Waals surface area contributed by atoms with Gasteiger partial charge in [0, 0.05) is 18.2 Å². The van der Waals surface area contributed by atoms with Crippen molar-refractivity contribution >= 4 is 11.6 Å². The van der Waals surface area contributed by atoms with Crippen LogP contribution in [0.4, 0.5) is 14.5 Å². The molecule has 1 amide bonds. The van der Waals surface area contributed by atoms with Gasteiger partial charge in [0.1, 0.15) is 11.5 Å². The number of hydrogen-bond donors (Lipinski definition) is 0. The molecule has 172 valence electrons. The van der Waals surface area contributed by atoms with E-state index < -0.39 is 11.6 Å². The second-order valence-electron chi connectivity index (χ2n) is 8.18. The van der Waals surface area contributed by atoms with Crippen molar-refractivity contribution in [2.24, 2.45) is 0 Å². The highest BCUT2D eigenvalue weighted by Crippen LogP contribution is 2.40. The smallest absolute Gasteiger partial charge is 0.258 e. The van der Waals surface area contributed by atoms with E-state index in [2.05, 4.69) is 12.1 Å². The van der Waals surface area contributed by atoms with E-state index in [1.807, 2.05) is 31.2 Å². The Labute approximate surface area is 192 Å². The van der Waals surface area contributed by atoms with Crippen LogP contribution in [0.2, 0.25) is 0 Å². The molecular weight excluding hydrogens is 424 g/mol. The van der Waals surface area contributed by atoms with E-state index in [0.717, 1.165) is 48.4 Å². The lowest BCUT2D eigenvalue weighted by Gasteiger charge is -2.31. The van der Waals surface area contributed by atoms with Crippen LogP contribution in [-0.4, -0.2) is 26.7 Å². The van der Waals surface area contributed by atoms with E-state index in [4.69, 9.17) is 9.47 Å². The predicted octanol–water partition coefficient (Wildman–Crippen LogP) is 5.92. The molecule has 6 heteroatoms. The summed E-state index contributed by atoms with van der Waals surface area (Å²) in [7, 11) is 3.25. The van der Waals surface area contributed by atoms with Crippen LogP contribution in [-0.2, 0) is 12.8 Å². The van der Waals surface area contributed by atoms with E-state index >= 15 is 0 Å². The maximum Gasteiger partial charge on any atom is 0.258 e. The Morgan fingerprint density at radius 1 is 0.939 bits per heavy atom. The van der Waals surface area contributed by atoms with Crippen LogP contribution >= 0.6 is 0 Å². The van der Waals surface area contributed by atoms with Crippen molar-refractivity contribution in [1.82, 2.24) is 0 Å². The Kier molecular flexibility index (Phi) is 6.63. The lowest BCUT2D eigenvalue weighted by Crippen LogP contribution is -2.32. The minimum Gasteiger partial charge on any atom is -0.497 e. The van der Waals surface area contributed by atoms with Crippen molar-refractivity contribution in [2.75, 3.05) is 25.7 Å². The molecule has 0 saturated carbocycles. The molecule has 1 aliphatic carbocycles. The summed E-state index contributed by atoms with van der Waals surface area (Å²) in [5.74, 6) is -0.709. The van der Waals surface area contributed by atoms with Crippen molar-refractivity contribution in [3.63, 3.8) is 0 Å². The number of methoxy groups -OCH3 is 2. The van der Waals surface area contributed by atoms with Gasteiger partial charge in [0.05, 0.1) is 19.9 Å². The lowest BCUT2D eigenvalue weighted by atomic mass is 9.79. The molecule has 0 radical (unpaired) electrons. The standard InChI is InChI=1S/C27H27F2NO3/c1-4-30(27(31)20-8-12-24(28)25(29)15-20)26-16-22(33-3)10-11-23(26)19-6-5-18-14-21(32-2)9-7-17(18)13-19/h7-12,14-16,19H,4-6,13H2,1-3H3. The van der Waals surface area contributed by atoms with Gasteiger partial charge in [-0.25, -0.2) is 8.78 Å². The Morgan fingerprint density at radius 2 is 1.67 bits per heavy atom. The van der Waals surface area contributed by atoms with E-state index in [0.29, 0.717) is 12.3 Å². The first-order valence-corrected chi connectivity index (χ1v) is 11.1. The number of amides is 1. The number of halogens is 2. The summed E-state index contributed by atoms with van der Waals surface area (Å²) < 4.78 is 38.0. The minimum atomic E-state index is -1.04. The maximum atomic E-state index is 13.8. The average molecular weight is 452 g/mol. The van der Waals surface area contributed by atoms with Crippen LogP contribution in [0.25, 0.3) is 0 Å².